The summed E-state index contributed by atoms with van der Waals surface area (Å²) in [4.78, 5) is 4.52. The van der Waals surface area contributed by atoms with Gasteiger partial charge in [-0.15, -0.1) is 0 Å². The first-order chi connectivity index (χ1) is 43.4. The van der Waals surface area contributed by atoms with Crippen molar-refractivity contribution >= 4 is 33.7 Å². The molecule has 0 unspecified atom stereocenters. The number of anilines is 2. The van der Waals surface area contributed by atoms with Crippen molar-refractivity contribution in [2.45, 2.75) is 19.3 Å². The quantitative estimate of drug-likeness (QED) is 0.0655. The van der Waals surface area contributed by atoms with Gasteiger partial charge in [-0.2, -0.15) is 0 Å². The maximum atomic E-state index is 5.67. The van der Waals surface area contributed by atoms with Gasteiger partial charge < -0.3 is 47.7 Å². The summed E-state index contributed by atoms with van der Waals surface area (Å²) in [6, 6.07) is 79.4. The molecule has 0 bridgehead atoms. The van der Waals surface area contributed by atoms with Crippen molar-refractivity contribution in [2.24, 2.45) is 0 Å². The van der Waals surface area contributed by atoms with E-state index in [9.17, 15) is 0 Å². The van der Waals surface area contributed by atoms with Gasteiger partial charge in [-0.05, 0) is 188 Å². The molecule has 0 radical (unpaired) electrons. The third-order valence-electron chi connectivity index (χ3n) is 16.5. The lowest BCUT2D eigenvalue weighted by Gasteiger charge is -2.27. The number of fused-ring (bicyclic) bond motifs is 3. The lowest BCUT2D eigenvalue weighted by Crippen LogP contribution is -2.18. The number of methoxy groups -OCH3 is 8. The van der Waals surface area contributed by atoms with Gasteiger partial charge in [-0.1, -0.05) is 123 Å². The number of benzene rings is 10. The van der Waals surface area contributed by atoms with Crippen LogP contribution in [0.4, 0.5) is 11.4 Å². The smallest absolute Gasteiger partial charge is 0.118 e. The molecule has 10 nitrogen and oxygen atoms in total. The van der Waals surface area contributed by atoms with Crippen LogP contribution < -0.4 is 47.7 Å². The van der Waals surface area contributed by atoms with Gasteiger partial charge in [-0.25, -0.2) is 0 Å². The van der Waals surface area contributed by atoms with Crippen molar-refractivity contribution < 1.29 is 37.9 Å². The molecule has 0 saturated carbocycles. The van der Waals surface area contributed by atoms with Gasteiger partial charge in [0.2, 0.25) is 0 Å². The molecule has 0 atom stereocenters. The van der Waals surface area contributed by atoms with Crippen molar-refractivity contribution in [1.29, 1.82) is 0 Å². The third-order valence-corrected chi connectivity index (χ3v) is 16.5. The minimum Gasteiger partial charge on any atom is -0.497 e. The van der Waals surface area contributed by atoms with Crippen LogP contribution in [0.25, 0.3) is 33.4 Å². The van der Waals surface area contributed by atoms with Gasteiger partial charge in [0, 0.05) is 63.9 Å². The molecule has 0 fully saturated rings. The first-order valence-electron chi connectivity index (χ1n) is 29.3. The summed E-state index contributed by atoms with van der Waals surface area (Å²) >= 11 is 0. The minimum atomic E-state index is -0.484. The Hall–Kier alpha value is -10.8. The normalized spacial score (nSPS) is 11.6. The molecule has 11 rings (SSSR count). The van der Waals surface area contributed by atoms with Crippen LogP contribution in [0.15, 0.2) is 255 Å². The summed E-state index contributed by atoms with van der Waals surface area (Å²) in [6.45, 7) is 4.66. The highest BCUT2D eigenvalue weighted by atomic mass is 16.5. The Kier molecular flexibility index (Phi) is 18.0. The molecule has 0 spiro atoms. The van der Waals surface area contributed by atoms with Gasteiger partial charge in [-0.3, -0.25) is 0 Å². The number of rotatable bonds is 22. The maximum absolute atomic E-state index is 5.67. The van der Waals surface area contributed by atoms with Crippen LogP contribution in [0.2, 0.25) is 0 Å². The molecule has 1 aliphatic carbocycles. The topological polar surface area (TPSA) is 80.3 Å². The number of ether oxygens (including phenoxy) is 8. The second-order valence-electron chi connectivity index (χ2n) is 21.9. The first-order valence-corrected chi connectivity index (χ1v) is 29.3. The predicted molar refractivity (Wildman–Crippen MR) is 361 cm³/mol. The third kappa shape index (κ3) is 13.0. The number of nitrogens with zero attached hydrogens (tertiary/aromatic N) is 2. The molecule has 10 aromatic rings. The van der Waals surface area contributed by atoms with Crippen LogP contribution in [0, 0.1) is 0 Å². The van der Waals surface area contributed by atoms with Crippen molar-refractivity contribution in [3.05, 3.63) is 311 Å². The second kappa shape index (κ2) is 26.8. The van der Waals surface area contributed by atoms with E-state index in [0.717, 1.165) is 135 Å². The molecular formula is C79H72N2O8. The van der Waals surface area contributed by atoms with E-state index in [2.05, 4.69) is 182 Å². The number of hydrogen-bond acceptors (Lipinski definition) is 10. The molecule has 10 heteroatoms. The van der Waals surface area contributed by atoms with Gasteiger partial charge in [0.15, 0.2) is 0 Å². The molecule has 446 valence electrons. The Morgan fingerprint density at radius 1 is 0.247 bits per heavy atom. The Morgan fingerprint density at radius 3 is 0.573 bits per heavy atom. The highest BCUT2D eigenvalue weighted by Crippen LogP contribution is 2.51. The average molecular weight is 1180 g/mol. The van der Waals surface area contributed by atoms with E-state index in [4.69, 9.17) is 37.9 Å². The first kappa shape index (κ1) is 59.9. The molecule has 89 heavy (non-hydrogen) atoms. The predicted octanol–water partition coefficient (Wildman–Crippen LogP) is 18.0. The Labute approximate surface area is 523 Å². The Balaban J connectivity index is 1.11. The SMILES string of the molecule is COc1ccc(C(=CN(C=C(c2ccc(OC)cc2)c2ccc(OC)cc2)c2ccc3c(c2)C(C)(C)c2cc(N(C=C(c4ccc(OC)cc4)c4ccc(OC)cc4)C=C(c4ccc(OC)cc4)c4ccc(OC)cc4)ccc2-3)c2ccc(OC)cc2)cc1. The summed E-state index contributed by atoms with van der Waals surface area (Å²) in [5.74, 6) is 6.14. The number of hydrogen-bond donors (Lipinski definition) is 0. The minimum absolute atomic E-state index is 0.484. The zero-order chi connectivity index (χ0) is 62.0. The van der Waals surface area contributed by atoms with E-state index < -0.39 is 5.41 Å². The van der Waals surface area contributed by atoms with Crippen LogP contribution in [-0.4, -0.2) is 56.9 Å². The fourth-order valence-corrected chi connectivity index (χ4v) is 11.4. The second-order valence-corrected chi connectivity index (χ2v) is 21.9. The maximum Gasteiger partial charge on any atom is 0.118 e. The van der Waals surface area contributed by atoms with Crippen LogP contribution >= 0.6 is 0 Å². The zero-order valence-corrected chi connectivity index (χ0v) is 51.9. The van der Waals surface area contributed by atoms with E-state index in [1.165, 1.54) is 11.1 Å². The highest BCUT2D eigenvalue weighted by molar-refractivity contribution is 5.91. The van der Waals surface area contributed by atoms with Crippen LogP contribution in [-0.2, 0) is 5.41 Å². The molecule has 0 N–H and O–H groups in total. The summed E-state index contributed by atoms with van der Waals surface area (Å²) in [5.41, 5.74) is 18.1. The van der Waals surface area contributed by atoms with Gasteiger partial charge in [0.05, 0.1) is 56.9 Å². The summed E-state index contributed by atoms with van der Waals surface area (Å²) in [5, 5.41) is 0. The largest absolute Gasteiger partial charge is 0.497 e. The van der Waals surface area contributed by atoms with Gasteiger partial charge >= 0.3 is 0 Å². The monoisotopic (exact) mass is 1180 g/mol. The fraction of sp³-hybridized carbons (Fsp3) is 0.139. The van der Waals surface area contributed by atoms with Crippen molar-refractivity contribution in [2.75, 3.05) is 66.7 Å². The van der Waals surface area contributed by atoms with E-state index in [1.807, 2.05) is 97.1 Å². The molecule has 0 aromatic heterocycles. The lowest BCUT2D eigenvalue weighted by atomic mass is 9.82. The molecule has 0 heterocycles. The zero-order valence-electron chi connectivity index (χ0n) is 51.9. The summed E-state index contributed by atoms with van der Waals surface area (Å²) < 4.78 is 45.3. The van der Waals surface area contributed by atoms with E-state index in [1.54, 1.807) is 56.9 Å². The van der Waals surface area contributed by atoms with E-state index >= 15 is 0 Å². The Morgan fingerprint density at radius 2 is 0.416 bits per heavy atom. The molecule has 1 aliphatic rings. The highest BCUT2D eigenvalue weighted by Gasteiger charge is 2.36. The van der Waals surface area contributed by atoms with Gasteiger partial charge in [0.25, 0.3) is 0 Å². The molecular weight excluding hydrogens is 1100 g/mol. The molecule has 0 saturated heterocycles. The standard InChI is InChI=1S/C79H72N2O8/c1-79(2)77-47-61(80(49-73(53-11-29-63(82-3)30-12-53)54-13-31-64(83-4)32-14-54)50-74(55-15-33-65(84-5)34-16-55)56-17-35-66(85-6)36-18-56)27-45-71(77)72-46-28-62(48-78(72)79)81(51-75(57-19-37-67(86-7)38-20-57)58-21-39-68(87-8)40-22-58)52-76(59-23-41-69(88-9)42-24-59)60-25-43-70(89-10)44-26-60/h11-52H,1-10H3. The average Bonchev–Trinajstić information content (AvgIpc) is 1.61. The van der Waals surface area contributed by atoms with Crippen molar-refractivity contribution in [3.63, 3.8) is 0 Å². The van der Waals surface area contributed by atoms with Crippen molar-refractivity contribution in [3.8, 4) is 57.1 Å². The van der Waals surface area contributed by atoms with Crippen molar-refractivity contribution in [1.82, 2.24) is 0 Å². The van der Waals surface area contributed by atoms with E-state index in [-0.39, 0.29) is 0 Å². The molecule has 0 aliphatic heterocycles. The molecule has 0 amide bonds. The van der Waals surface area contributed by atoms with Gasteiger partial charge in [0.1, 0.15) is 46.0 Å². The Bertz CT molecular complexity index is 3500. The fourth-order valence-electron chi connectivity index (χ4n) is 11.4. The van der Waals surface area contributed by atoms with Crippen LogP contribution in [0.5, 0.6) is 46.0 Å². The lowest BCUT2D eigenvalue weighted by molar-refractivity contribution is 0.414. The molecule has 10 aromatic carbocycles. The summed E-state index contributed by atoms with van der Waals surface area (Å²) in [6.07, 6.45) is 8.92. The van der Waals surface area contributed by atoms with Crippen LogP contribution in [0.3, 0.4) is 0 Å². The summed E-state index contributed by atoms with van der Waals surface area (Å²) in [7, 11) is 13.5. The van der Waals surface area contributed by atoms with Crippen LogP contribution in [0.1, 0.15) is 69.5 Å². The van der Waals surface area contributed by atoms with E-state index in [0.29, 0.717) is 0 Å².